The van der Waals surface area contributed by atoms with Crippen LogP contribution in [0.5, 0.6) is 17.2 Å². The Morgan fingerprint density at radius 1 is 1.11 bits per heavy atom. The number of benzene rings is 2. The van der Waals surface area contributed by atoms with Gasteiger partial charge in [-0.15, -0.1) is 0 Å². The lowest BCUT2D eigenvalue weighted by atomic mass is 10.2. The van der Waals surface area contributed by atoms with E-state index in [9.17, 15) is 0 Å². The molecule has 0 radical (unpaired) electrons. The molecule has 0 spiro atoms. The van der Waals surface area contributed by atoms with Gasteiger partial charge in [-0.1, -0.05) is 12.1 Å². The number of nitrogen functional groups attached to an aromatic ring is 1. The van der Waals surface area contributed by atoms with E-state index in [1.807, 2.05) is 24.3 Å². The molecule has 0 atom stereocenters. The zero-order chi connectivity index (χ0) is 13.7. The number of nitriles is 1. The second-order valence-electron chi connectivity index (χ2n) is 3.98. The van der Waals surface area contributed by atoms with Gasteiger partial charge >= 0.3 is 0 Å². The van der Waals surface area contributed by atoms with E-state index in [-0.39, 0.29) is 0 Å². The highest BCUT2D eigenvalue weighted by Gasteiger charge is 2.04. The summed E-state index contributed by atoms with van der Waals surface area (Å²) >= 11 is 0. The third kappa shape index (κ3) is 3.17. The van der Waals surface area contributed by atoms with Crippen LogP contribution in [-0.4, -0.2) is 7.11 Å². The lowest BCUT2D eigenvalue weighted by molar-refractivity contribution is 0.413. The van der Waals surface area contributed by atoms with Gasteiger partial charge in [0.15, 0.2) is 5.75 Å². The number of hydrogen-bond acceptors (Lipinski definition) is 4. The van der Waals surface area contributed by atoms with Crippen molar-refractivity contribution >= 4 is 5.69 Å². The third-order valence-electron chi connectivity index (χ3n) is 2.65. The highest BCUT2D eigenvalue weighted by atomic mass is 16.5. The summed E-state index contributed by atoms with van der Waals surface area (Å²) in [6.45, 7) is 0. The number of rotatable bonds is 4. The van der Waals surface area contributed by atoms with Crippen LogP contribution in [0.4, 0.5) is 5.69 Å². The van der Waals surface area contributed by atoms with E-state index in [0.29, 0.717) is 29.4 Å². The molecule has 2 N–H and O–H groups in total. The van der Waals surface area contributed by atoms with E-state index >= 15 is 0 Å². The van der Waals surface area contributed by atoms with Crippen molar-refractivity contribution in [1.82, 2.24) is 0 Å². The lowest BCUT2D eigenvalue weighted by Crippen LogP contribution is -1.93. The summed E-state index contributed by atoms with van der Waals surface area (Å²) < 4.78 is 10.8. The second-order valence-corrected chi connectivity index (χ2v) is 3.98. The SMILES string of the molecule is COc1ccc(Oc2ccc(CC#N)cc2)c(N)c1. The molecule has 96 valence electrons. The van der Waals surface area contributed by atoms with Crippen LogP contribution in [0.25, 0.3) is 0 Å². The molecule has 0 aliphatic rings. The van der Waals surface area contributed by atoms with Gasteiger partial charge in [0.05, 0.1) is 25.3 Å². The van der Waals surface area contributed by atoms with Gasteiger partial charge in [-0.05, 0) is 29.8 Å². The molecule has 0 saturated heterocycles. The number of methoxy groups -OCH3 is 1. The van der Waals surface area contributed by atoms with Crippen LogP contribution in [0.2, 0.25) is 0 Å². The number of nitrogens with two attached hydrogens (primary N) is 1. The first-order valence-corrected chi connectivity index (χ1v) is 5.80. The van der Waals surface area contributed by atoms with Crippen molar-refractivity contribution in [3.63, 3.8) is 0 Å². The predicted octanol–water partition coefficient (Wildman–Crippen LogP) is 3.14. The summed E-state index contributed by atoms with van der Waals surface area (Å²) in [6.07, 6.45) is 0.394. The molecule has 0 heterocycles. The van der Waals surface area contributed by atoms with Crippen molar-refractivity contribution in [2.24, 2.45) is 0 Å². The minimum atomic E-state index is 0.394. The monoisotopic (exact) mass is 254 g/mol. The molecule has 4 heteroatoms. The Hall–Kier alpha value is -2.67. The Balaban J connectivity index is 2.15. The van der Waals surface area contributed by atoms with Crippen LogP contribution in [0.1, 0.15) is 5.56 Å². The topological polar surface area (TPSA) is 68.3 Å². The van der Waals surface area contributed by atoms with Gasteiger partial charge in [0.2, 0.25) is 0 Å². The number of ether oxygens (including phenoxy) is 2. The van der Waals surface area contributed by atoms with E-state index in [2.05, 4.69) is 6.07 Å². The molecule has 0 aliphatic heterocycles. The Morgan fingerprint density at radius 3 is 2.37 bits per heavy atom. The zero-order valence-electron chi connectivity index (χ0n) is 10.6. The Kier molecular flexibility index (Phi) is 3.89. The molecule has 0 amide bonds. The van der Waals surface area contributed by atoms with Crippen LogP contribution in [-0.2, 0) is 6.42 Å². The normalized spacial score (nSPS) is 9.68. The highest BCUT2D eigenvalue weighted by molar-refractivity contribution is 5.57. The zero-order valence-corrected chi connectivity index (χ0v) is 10.6. The van der Waals surface area contributed by atoms with Crippen molar-refractivity contribution in [1.29, 1.82) is 5.26 Å². The second kappa shape index (κ2) is 5.78. The van der Waals surface area contributed by atoms with Gasteiger partial charge in [0.25, 0.3) is 0 Å². The summed E-state index contributed by atoms with van der Waals surface area (Å²) in [5.74, 6) is 1.95. The molecule has 0 unspecified atom stereocenters. The number of nitrogens with zero attached hydrogens (tertiary/aromatic N) is 1. The summed E-state index contributed by atoms with van der Waals surface area (Å²) in [5.41, 5.74) is 7.34. The van der Waals surface area contributed by atoms with Crippen molar-refractivity contribution in [2.45, 2.75) is 6.42 Å². The van der Waals surface area contributed by atoms with Gasteiger partial charge in [0, 0.05) is 6.07 Å². The maximum Gasteiger partial charge on any atom is 0.150 e. The lowest BCUT2D eigenvalue weighted by Gasteiger charge is -2.10. The van der Waals surface area contributed by atoms with Crippen LogP contribution >= 0.6 is 0 Å². The first-order valence-electron chi connectivity index (χ1n) is 5.80. The molecule has 0 saturated carbocycles. The predicted molar refractivity (Wildman–Crippen MR) is 73.2 cm³/mol. The summed E-state index contributed by atoms with van der Waals surface area (Å²) in [6, 6.07) is 14.7. The highest BCUT2D eigenvalue weighted by Crippen LogP contribution is 2.30. The average Bonchev–Trinajstić information content (AvgIpc) is 2.43. The van der Waals surface area contributed by atoms with Crippen molar-refractivity contribution in [2.75, 3.05) is 12.8 Å². The largest absolute Gasteiger partial charge is 0.497 e. The number of hydrogen-bond donors (Lipinski definition) is 1. The summed E-state index contributed by atoms with van der Waals surface area (Å²) in [4.78, 5) is 0. The van der Waals surface area contributed by atoms with E-state index in [1.54, 1.807) is 25.3 Å². The Labute approximate surface area is 112 Å². The molecule has 2 aromatic rings. The summed E-state index contributed by atoms with van der Waals surface area (Å²) in [7, 11) is 1.59. The summed E-state index contributed by atoms with van der Waals surface area (Å²) in [5, 5.41) is 8.60. The molecule has 0 bridgehead atoms. The smallest absolute Gasteiger partial charge is 0.150 e. The van der Waals surface area contributed by atoms with E-state index in [1.165, 1.54) is 0 Å². The maximum atomic E-state index is 8.60. The van der Waals surface area contributed by atoms with E-state index < -0.39 is 0 Å². The molecule has 0 fully saturated rings. The van der Waals surface area contributed by atoms with Crippen LogP contribution in [0.3, 0.4) is 0 Å². The standard InChI is InChI=1S/C15H14N2O2/c1-18-13-6-7-15(14(17)10-13)19-12-4-2-11(3-5-12)8-9-16/h2-7,10H,8,17H2,1H3. The molecule has 2 rings (SSSR count). The average molecular weight is 254 g/mol. The van der Waals surface area contributed by atoms with Gasteiger partial charge < -0.3 is 15.2 Å². The van der Waals surface area contributed by atoms with Crippen LogP contribution in [0, 0.1) is 11.3 Å². The Morgan fingerprint density at radius 2 is 1.79 bits per heavy atom. The molecule has 0 aromatic heterocycles. The van der Waals surface area contributed by atoms with Crippen LogP contribution in [0.15, 0.2) is 42.5 Å². The van der Waals surface area contributed by atoms with Crippen molar-refractivity contribution < 1.29 is 9.47 Å². The van der Waals surface area contributed by atoms with E-state index in [0.717, 1.165) is 5.56 Å². The molecule has 19 heavy (non-hydrogen) atoms. The molecule has 4 nitrogen and oxygen atoms in total. The fourth-order valence-electron chi connectivity index (χ4n) is 1.64. The van der Waals surface area contributed by atoms with E-state index in [4.69, 9.17) is 20.5 Å². The van der Waals surface area contributed by atoms with Gasteiger partial charge in [-0.2, -0.15) is 5.26 Å². The van der Waals surface area contributed by atoms with Crippen LogP contribution < -0.4 is 15.2 Å². The number of anilines is 1. The van der Waals surface area contributed by atoms with Gasteiger partial charge in [-0.25, -0.2) is 0 Å². The Bertz CT molecular complexity index is 601. The maximum absolute atomic E-state index is 8.60. The molecular formula is C15H14N2O2. The minimum absolute atomic E-state index is 0.394. The van der Waals surface area contributed by atoms with Gasteiger partial charge in [-0.3, -0.25) is 0 Å². The van der Waals surface area contributed by atoms with Gasteiger partial charge in [0.1, 0.15) is 11.5 Å². The molecule has 0 aliphatic carbocycles. The van der Waals surface area contributed by atoms with Crippen molar-refractivity contribution in [3.05, 3.63) is 48.0 Å². The molecule has 2 aromatic carbocycles. The fraction of sp³-hybridized carbons (Fsp3) is 0.133. The minimum Gasteiger partial charge on any atom is -0.497 e. The first-order chi connectivity index (χ1) is 9.22. The quantitative estimate of drug-likeness (QED) is 0.851. The first kappa shape index (κ1) is 12.8. The molecular weight excluding hydrogens is 240 g/mol. The third-order valence-corrected chi connectivity index (χ3v) is 2.65. The van der Waals surface area contributed by atoms with Crippen molar-refractivity contribution in [3.8, 4) is 23.3 Å². The fourth-order valence-corrected chi connectivity index (χ4v) is 1.64.